The van der Waals surface area contributed by atoms with Crippen molar-refractivity contribution in [2.24, 2.45) is 5.92 Å². The molecule has 3 heterocycles. The van der Waals surface area contributed by atoms with Gasteiger partial charge in [-0.25, -0.2) is 9.97 Å². The van der Waals surface area contributed by atoms with Gasteiger partial charge in [-0.3, -0.25) is 9.69 Å². The fourth-order valence-corrected chi connectivity index (χ4v) is 3.75. The Bertz CT molecular complexity index is 791. The number of carbonyl (C=O) groups is 1. The number of hydrogen-bond donors (Lipinski definition) is 1. The van der Waals surface area contributed by atoms with E-state index in [0.717, 1.165) is 68.2 Å². The summed E-state index contributed by atoms with van der Waals surface area (Å²) in [6.45, 7) is 5.29. The molecule has 0 saturated carbocycles. The van der Waals surface area contributed by atoms with Crippen molar-refractivity contribution in [1.29, 1.82) is 0 Å². The number of aromatic nitrogens is 2. The standard InChI is InChI=1S/C19H24N4O3/c24-19(25)14-4-3-7-23(12-14)18-15-5-1-2-6-16(15)20-17(21-18)13-22-8-10-26-11-9-22/h1-2,5-6,14H,3-4,7-13H2,(H,24,25). The Labute approximate surface area is 152 Å². The Morgan fingerprint density at radius 2 is 2.00 bits per heavy atom. The molecule has 1 aromatic carbocycles. The van der Waals surface area contributed by atoms with Crippen molar-refractivity contribution in [3.63, 3.8) is 0 Å². The van der Waals surface area contributed by atoms with Crippen LogP contribution in [0.15, 0.2) is 24.3 Å². The lowest BCUT2D eigenvalue weighted by Crippen LogP contribution is -2.40. The molecule has 0 aliphatic carbocycles. The Morgan fingerprint density at radius 3 is 2.81 bits per heavy atom. The Kier molecular flexibility index (Phi) is 4.99. The number of nitrogens with zero attached hydrogens (tertiary/aromatic N) is 4. The molecule has 1 N–H and O–H groups in total. The van der Waals surface area contributed by atoms with Crippen LogP contribution in [-0.2, 0) is 16.1 Å². The lowest BCUT2D eigenvalue weighted by atomic mass is 9.98. The predicted octanol–water partition coefficient (Wildman–Crippen LogP) is 1.76. The number of morpholine rings is 1. The molecular formula is C19H24N4O3. The van der Waals surface area contributed by atoms with Crippen LogP contribution in [0.5, 0.6) is 0 Å². The van der Waals surface area contributed by atoms with Crippen molar-refractivity contribution in [2.75, 3.05) is 44.3 Å². The maximum Gasteiger partial charge on any atom is 0.308 e. The van der Waals surface area contributed by atoms with Crippen molar-refractivity contribution in [2.45, 2.75) is 19.4 Å². The van der Waals surface area contributed by atoms with Gasteiger partial charge in [-0.2, -0.15) is 0 Å². The summed E-state index contributed by atoms with van der Waals surface area (Å²) < 4.78 is 5.41. The highest BCUT2D eigenvalue weighted by Gasteiger charge is 2.27. The molecule has 1 atom stereocenters. The number of fused-ring (bicyclic) bond motifs is 1. The van der Waals surface area contributed by atoms with Gasteiger partial charge in [0.2, 0.25) is 0 Å². The number of ether oxygens (including phenoxy) is 1. The van der Waals surface area contributed by atoms with Gasteiger partial charge in [0.25, 0.3) is 0 Å². The summed E-state index contributed by atoms with van der Waals surface area (Å²) >= 11 is 0. The molecule has 2 fully saturated rings. The van der Waals surface area contributed by atoms with Crippen molar-refractivity contribution in [1.82, 2.24) is 14.9 Å². The Hall–Kier alpha value is -2.25. The van der Waals surface area contributed by atoms with Crippen LogP contribution in [0.4, 0.5) is 5.82 Å². The molecule has 138 valence electrons. The third kappa shape index (κ3) is 3.64. The van der Waals surface area contributed by atoms with E-state index in [-0.39, 0.29) is 5.92 Å². The van der Waals surface area contributed by atoms with E-state index >= 15 is 0 Å². The van der Waals surface area contributed by atoms with Gasteiger partial charge >= 0.3 is 5.97 Å². The van der Waals surface area contributed by atoms with Gasteiger partial charge in [0, 0.05) is 31.6 Å². The van der Waals surface area contributed by atoms with Crippen LogP contribution in [0.25, 0.3) is 10.9 Å². The summed E-state index contributed by atoms with van der Waals surface area (Å²) in [6, 6.07) is 7.98. The topological polar surface area (TPSA) is 78.8 Å². The summed E-state index contributed by atoms with van der Waals surface area (Å²) in [4.78, 5) is 25.5. The Balaban J connectivity index is 1.66. The molecular weight excluding hydrogens is 332 g/mol. The van der Waals surface area contributed by atoms with Crippen molar-refractivity contribution in [3.05, 3.63) is 30.1 Å². The summed E-state index contributed by atoms with van der Waals surface area (Å²) in [5, 5.41) is 10.4. The molecule has 0 spiro atoms. The average molecular weight is 356 g/mol. The predicted molar refractivity (Wildman–Crippen MR) is 98.2 cm³/mol. The molecule has 26 heavy (non-hydrogen) atoms. The van der Waals surface area contributed by atoms with Gasteiger partial charge in [-0.15, -0.1) is 0 Å². The molecule has 4 rings (SSSR count). The normalized spacial score (nSPS) is 21.8. The molecule has 2 saturated heterocycles. The number of para-hydroxylation sites is 1. The number of carboxylic acid groups (broad SMARTS) is 1. The quantitative estimate of drug-likeness (QED) is 0.894. The first-order valence-corrected chi connectivity index (χ1v) is 9.24. The van der Waals surface area contributed by atoms with Crippen molar-refractivity contribution in [3.8, 4) is 0 Å². The number of carboxylic acids is 1. The molecule has 7 nitrogen and oxygen atoms in total. The van der Waals surface area contributed by atoms with Crippen LogP contribution in [0, 0.1) is 5.92 Å². The monoisotopic (exact) mass is 356 g/mol. The SMILES string of the molecule is O=C(O)C1CCCN(c2nc(CN3CCOCC3)nc3ccccc23)C1. The van der Waals surface area contributed by atoms with E-state index in [0.29, 0.717) is 13.1 Å². The third-order valence-electron chi connectivity index (χ3n) is 5.17. The van der Waals surface area contributed by atoms with Crippen LogP contribution in [0.1, 0.15) is 18.7 Å². The van der Waals surface area contributed by atoms with Crippen LogP contribution in [0.2, 0.25) is 0 Å². The Morgan fingerprint density at radius 1 is 1.19 bits per heavy atom. The first kappa shape index (κ1) is 17.2. The van der Waals surface area contributed by atoms with Crippen molar-refractivity contribution < 1.29 is 14.6 Å². The summed E-state index contributed by atoms with van der Waals surface area (Å²) in [5.74, 6) is 0.602. The van der Waals surface area contributed by atoms with E-state index in [4.69, 9.17) is 14.7 Å². The number of rotatable bonds is 4. The van der Waals surface area contributed by atoms with Crippen LogP contribution in [-0.4, -0.2) is 65.3 Å². The van der Waals surface area contributed by atoms with Crippen LogP contribution in [0.3, 0.4) is 0 Å². The number of benzene rings is 1. The highest BCUT2D eigenvalue weighted by atomic mass is 16.5. The van der Waals surface area contributed by atoms with E-state index in [9.17, 15) is 9.90 Å². The van der Waals surface area contributed by atoms with Crippen LogP contribution >= 0.6 is 0 Å². The largest absolute Gasteiger partial charge is 0.481 e. The summed E-state index contributed by atoms with van der Waals surface area (Å²) in [6.07, 6.45) is 1.60. The van der Waals surface area contributed by atoms with Gasteiger partial charge in [0.1, 0.15) is 11.6 Å². The molecule has 2 aliphatic rings. The number of piperidine rings is 1. The highest BCUT2D eigenvalue weighted by Crippen LogP contribution is 2.28. The smallest absolute Gasteiger partial charge is 0.308 e. The van der Waals surface area contributed by atoms with Gasteiger partial charge in [-0.05, 0) is 25.0 Å². The number of aliphatic carboxylic acids is 1. The van der Waals surface area contributed by atoms with E-state index in [1.807, 2.05) is 24.3 Å². The fraction of sp³-hybridized carbons (Fsp3) is 0.526. The molecule has 1 aromatic heterocycles. The van der Waals surface area contributed by atoms with Crippen LogP contribution < -0.4 is 4.90 Å². The first-order chi connectivity index (χ1) is 12.7. The second-order valence-corrected chi connectivity index (χ2v) is 6.99. The molecule has 0 bridgehead atoms. The second kappa shape index (κ2) is 7.55. The van der Waals surface area contributed by atoms with Gasteiger partial charge in [0.05, 0.1) is 31.2 Å². The lowest BCUT2D eigenvalue weighted by molar-refractivity contribution is -0.141. The fourth-order valence-electron chi connectivity index (χ4n) is 3.75. The zero-order valence-corrected chi connectivity index (χ0v) is 14.8. The average Bonchev–Trinajstić information content (AvgIpc) is 2.68. The summed E-state index contributed by atoms with van der Waals surface area (Å²) in [7, 11) is 0. The molecule has 7 heteroatoms. The third-order valence-corrected chi connectivity index (χ3v) is 5.17. The number of anilines is 1. The minimum Gasteiger partial charge on any atom is -0.481 e. The molecule has 2 aliphatic heterocycles. The van der Waals surface area contributed by atoms with Gasteiger partial charge in [0.15, 0.2) is 0 Å². The highest BCUT2D eigenvalue weighted by molar-refractivity contribution is 5.89. The first-order valence-electron chi connectivity index (χ1n) is 9.24. The summed E-state index contributed by atoms with van der Waals surface area (Å²) in [5.41, 5.74) is 0.915. The van der Waals surface area contributed by atoms with E-state index in [1.165, 1.54) is 0 Å². The molecule has 2 aromatic rings. The molecule has 1 unspecified atom stereocenters. The number of hydrogen-bond acceptors (Lipinski definition) is 6. The van der Waals surface area contributed by atoms with E-state index in [1.54, 1.807) is 0 Å². The van der Waals surface area contributed by atoms with Gasteiger partial charge in [-0.1, -0.05) is 12.1 Å². The van der Waals surface area contributed by atoms with E-state index < -0.39 is 5.97 Å². The second-order valence-electron chi connectivity index (χ2n) is 6.99. The lowest BCUT2D eigenvalue weighted by Gasteiger charge is -2.33. The maximum absolute atomic E-state index is 11.4. The zero-order valence-electron chi connectivity index (χ0n) is 14.8. The van der Waals surface area contributed by atoms with E-state index in [2.05, 4.69) is 9.80 Å². The van der Waals surface area contributed by atoms with Gasteiger partial charge < -0.3 is 14.7 Å². The molecule has 0 amide bonds. The maximum atomic E-state index is 11.4. The van der Waals surface area contributed by atoms with Crippen molar-refractivity contribution >= 4 is 22.7 Å². The molecule has 0 radical (unpaired) electrons. The minimum atomic E-state index is -0.721. The minimum absolute atomic E-state index is 0.333. The zero-order chi connectivity index (χ0) is 17.9.